The molecule has 5 heteroatoms. The van der Waals surface area contributed by atoms with Crippen LogP contribution in [0.2, 0.25) is 0 Å². The Balaban J connectivity index is 2.50. The highest BCUT2D eigenvalue weighted by Gasteiger charge is 2.02. The van der Waals surface area contributed by atoms with Gasteiger partial charge in [0, 0.05) is 6.20 Å². The molecule has 0 spiro atoms. The second-order valence-electron chi connectivity index (χ2n) is 2.33. The van der Waals surface area contributed by atoms with Gasteiger partial charge in [-0.2, -0.15) is 5.10 Å². The van der Waals surface area contributed by atoms with Gasteiger partial charge in [-0.05, 0) is 0 Å². The Morgan fingerprint density at radius 2 is 2.45 bits per heavy atom. The highest BCUT2D eigenvalue weighted by molar-refractivity contribution is 5.30. The van der Waals surface area contributed by atoms with Crippen molar-refractivity contribution in [1.29, 1.82) is 0 Å². The normalized spacial score (nSPS) is 13.3. The lowest BCUT2D eigenvalue weighted by Gasteiger charge is -2.05. The van der Waals surface area contributed by atoms with Crippen molar-refractivity contribution in [2.75, 3.05) is 12.3 Å². The van der Waals surface area contributed by atoms with Crippen LogP contribution in [0.1, 0.15) is 0 Å². The second-order valence-corrected chi connectivity index (χ2v) is 2.33. The fraction of sp³-hybridized carbons (Fsp3) is 0.500. The monoisotopic (exact) mass is 157 g/mol. The standard InChI is InChI=1S/C6H11N3O2/c7-5-1-8-9(2-5)3-6(11)4-10/h1-2,6,10-11H,3-4,7H2. The van der Waals surface area contributed by atoms with Crippen LogP contribution in [-0.4, -0.2) is 32.7 Å². The first kappa shape index (κ1) is 8.03. The van der Waals surface area contributed by atoms with Crippen molar-refractivity contribution in [3.63, 3.8) is 0 Å². The van der Waals surface area contributed by atoms with Crippen LogP contribution in [-0.2, 0) is 6.54 Å². The number of nitrogen functional groups attached to an aromatic ring is 1. The summed E-state index contributed by atoms with van der Waals surface area (Å²) in [6.45, 7) is 0.00741. The molecule has 0 amide bonds. The number of aliphatic hydroxyl groups is 2. The molecule has 4 N–H and O–H groups in total. The summed E-state index contributed by atoms with van der Waals surface area (Å²) >= 11 is 0. The van der Waals surface area contributed by atoms with E-state index in [4.69, 9.17) is 15.9 Å². The second kappa shape index (κ2) is 3.36. The van der Waals surface area contributed by atoms with E-state index in [1.54, 1.807) is 6.20 Å². The van der Waals surface area contributed by atoms with Crippen LogP contribution in [0.5, 0.6) is 0 Å². The number of rotatable bonds is 3. The predicted molar refractivity (Wildman–Crippen MR) is 39.7 cm³/mol. The predicted octanol–water partition coefficient (Wildman–Crippen LogP) is -1.18. The number of nitrogens with zero attached hydrogens (tertiary/aromatic N) is 2. The minimum atomic E-state index is -0.769. The van der Waals surface area contributed by atoms with Gasteiger partial charge in [-0.25, -0.2) is 0 Å². The van der Waals surface area contributed by atoms with Gasteiger partial charge < -0.3 is 15.9 Å². The summed E-state index contributed by atoms with van der Waals surface area (Å²) in [6, 6.07) is 0. The minimum absolute atomic E-state index is 0.264. The number of anilines is 1. The highest BCUT2D eigenvalue weighted by Crippen LogP contribution is 1.98. The van der Waals surface area contributed by atoms with Gasteiger partial charge in [0.05, 0.1) is 31.1 Å². The zero-order valence-electron chi connectivity index (χ0n) is 6.01. The maximum atomic E-state index is 8.97. The fourth-order valence-corrected chi connectivity index (χ4v) is 0.753. The summed E-state index contributed by atoms with van der Waals surface area (Å²) in [5, 5.41) is 21.3. The van der Waals surface area contributed by atoms with Gasteiger partial charge in [-0.15, -0.1) is 0 Å². The van der Waals surface area contributed by atoms with E-state index in [-0.39, 0.29) is 13.2 Å². The molecule has 0 aliphatic heterocycles. The van der Waals surface area contributed by atoms with Crippen molar-refractivity contribution in [2.24, 2.45) is 0 Å². The smallest absolute Gasteiger partial charge is 0.0966 e. The van der Waals surface area contributed by atoms with Crippen LogP contribution >= 0.6 is 0 Å². The Labute approximate surface area is 64.1 Å². The zero-order chi connectivity index (χ0) is 8.27. The molecular formula is C6H11N3O2. The van der Waals surface area contributed by atoms with Crippen LogP contribution in [0.3, 0.4) is 0 Å². The van der Waals surface area contributed by atoms with Crippen LogP contribution in [0, 0.1) is 0 Å². The Morgan fingerprint density at radius 1 is 1.73 bits per heavy atom. The van der Waals surface area contributed by atoms with Crippen LogP contribution in [0.4, 0.5) is 5.69 Å². The molecular weight excluding hydrogens is 146 g/mol. The molecule has 0 aromatic carbocycles. The topological polar surface area (TPSA) is 84.3 Å². The summed E-state index contributed by atoms with van der Waals surface area (Å²) in [5.74, 6) is 0. The van der Waals surface area contributed by atoms with E-state index in [2.05, 4.69) is 5.10 Å². The van der Waals surface area contributed by atoms with Crippen molar-refractivity contribution in [3.8, 4) is 0 Å². The third-order valence-electron chi connectivity index (χ3n) is 1.26. The van der Waals surface area contributed by atoms with Gasteiger partial charge in [0.2, 0.25) is 0 Å². The molecule has 1 atom stereocenters. The average Bonchev–Trinajstić information content (AvgIpc) is 2.35. The molecule has 1 aromatic heterocycles. The Bertz CT molecular complexity index is 223. The first-order valence-electron chi connectivity index (χ1n) is 3.29. The number of hydrogen-bond acceptors (Lipinski definition) is 4. The highest BCUT2D eigenvalue weighted by atomic mass is 16.3. The first-order chi connectivity index (χ1) is 5.22. The van der Waals surface area contributed by atoms with Gasteiger partial charge >= 0.3 is 0 Å². The molecule has 5 nitrogen and oxygen atoms in total. The van der Waals surface area contributed by atoms with Crippen LogP contribution in [0.15, 0.2) is 12.4 Å². The van der Waals surface area contributed by atoms with Crippen LogP contribution < -0.4 is 5.73 Å². The molecule has 0 saturated heterocycles. The molecule has 1 heterocycles. The Kier molecular flexibility index (Phi) is 2.45. The van der Waals surface area contributed by atoms with Gasteiger partial charge in [0.25, 0.3) is 0 Å². The van der Waals surface area contributed by atoms with E-state index >= 15 is 0 Å². The van der Waals surface area contributed by atoms with Crippen molar-refractivity contribution >= 4 is 5.69 Å². The van der Waals surface area contributed by atoms with Crippen molar-refractivity contribution in [3.05, 3.63) is 12.4 Å². The molecule has 1 aromatic rings. The number of hydrogen-bond donors (Lipinski definition) is 3. The summed E-state index contributed by atoms with van der Waals surface area (Å²) in [4.78, 5) is 0. The number of nitrogens with two attached hydrogens (primary N) is 1. The lowest BCUT2D eigenvalue weighted by atomic mass is 10.4. The molecule has 62 valence electrons. The molecule has 0 fully saturated rings. The summed E-state index contributed by atoms with van der Waals surface area (Å²) in [5.41, 5.74) is 5.92. The van der Waals surface area contributed by atoms with E-state index in [0.29, 0.717) is 5.69 Å². The molecule has 1 unspecified atom stereocenters. The molecule has 0 radical (unpaired) electrons. The van der Waals surface area contributed by atoms with Crippen LogP contribution in [0.25, 0.3) is 0 Å². The van der Waals surface area contributed by atoms with E-state index in [1.165, 1.54) is 10.9 Å². The fourth-order valence-electron chi connectivity index (χ4n) is 0.753. The quantitative estimate of drug-likeness (QED) is 0.515. The Morgan fingerprint density at radius 3 is 2.91 bits per heavy atom. The maximum absolute atomic E-state index is 8.97. The summed E-state index contributed by atoms with van der Waals surface area (Å²) in [7, 11) is 0. The van der Waals surface area contributed by atoms with E-state index < -0.39 is 6.10 Å². The van der Waals surface area contributed by atoms with Gasteiger partial charge in [-0.3, -0.25) is 4.68 Å². The molecule has 11 heavy (non-hydrogen) atoms. The average molecular weight is 157 g/mol. The van der Waals surface area contributed by atoms with Gasteiger partial charge in [0.1, 0.15) is 0 Å². The third kappa shape index (κ3) is 2.21. The minimum Gasteiger partial charge on any atom is -0.396 e. The van der Waals surface area contributed by atoms with Crippen molar-refractivity contribution < 1.29 is 10.2 Å². The molecule has 0 aliphatic carbocycles. The number of aromatic nitrogens is 2. The Hall–Kier alpha value is -1.07. The molecule has 0 aliphatic rings. The summed E-state index contributed by atoms with van der Waals surface area (Å²) < 4.78 is 1.48. The van der Waals surface area contributed by atoms with E-state index in [9.17, 15) is 0 Å². The van der Waals surface area contributed by atoms with Crippen molar-refractivity contribution in [2.45, 2.75) is 12.6 Å². The van der Waals surface area contributed by atoms with E-state index in [1.807, 2.05) is 0 Å². The first-order valence-corrected chi connectivity index (χ1v) is 3.29. The lowest BCUT2D eigenvalue weighted by Crippen LogP contribution is -2.19. The number of aliphatic hydroxyl groups excluding tert-OH is 2. The van der Waals surface area contributed by atoms with Gasteiger partial charge in [0.15, 0.2) is 0 Å². The third-order valence-corrected chi connectivity index (χ3v) is 1.26. The maximum Gasteiger partial charge on any atom is 0.0966 e. The SMILES string of the molecule is Nc1cnn(CC(O)CO)c1. The largest absolute Gasteiger partial charge is 0.396 e. The van der Waals surface area contributed by atoms with Crippen molar-refractivity contribution in [1.82, 2.24) is 9.78 Å². The van der Waals surface area contributed by atoms with Gasteiger partial charge in [-0.1, -0.05) is 0 Å². The molecule has 0 bridgehead atoms. The zero-order valence-corrected chi connectivity index (χ0v) is 6.01. The summed E-state index contributed by atoms with van der Waals surface area (Å²) in [6.07, 6.45) is 2.32. The molecule has 1 rings (SSSR count). The lowest BCUT2D eigenvalue weighted by molar-refractivity contribution is 0.0783. The van der Waals surface area contributed by atoms with E-state index in [0.717, 1.165) is 0 Å². The molecule has 0 saturated carbocycles.